The third kappa shape index (κ3) is 6.97. The minimum Gasteiger partial charge on any atom is -0.465 e. The zero-order chi connectivity index (χ0) is 28.4. The third-order valence-corrected chi connectivity index (χ3v) is 11.6. The van der Waals surface area contributed by atoms with Crippen LogP contribution in [0.1, 0.15) is 94.4 Å². The van der Waals surface area contributed by atoms with Crippen molar-refractivity contribution in [1.29, 1.82) is 0 Å². The van der Waals surface area contributed by atoms with Gasteiger partial charge in [-0.1, -0.05) is 41.0 Å². The number of fused-ring (bicyclic) bond motifs is 2. The number of rotatable bonds is 10. The van der Waals surface area contributed by atoms with Crippen molar-refractivity contribution in [2.24, 2.45) is 5.41 Å². The lowest BCUT2D eigenvalue weighted by molar-refractivity contribution is -0.265. The van der Waals surface area contributed by atoms with Crippen molar-refractivity contribution in [2.45, 2.75) is 154 Å². The first-order valence-corrected chi connectivity index (χ1v) is 16.3. The van der Waals surface area contributed by atoms with Gasteiger partial charge in [0.25, 0.3) is 0 Å². The largest absolute Gasteiger partial charge is 0.465 e. The Bertz CT molecular complexity index is 807. The summed E-state index contributed by atoms with van der Waals surface area (Å²) in [7, 11) is -3.60. The molecule has 0 N–H and O–H groups in total. The molecule has 220 valence electrons. The molecule has 8 atom stereocenters. The Labute approximate surface area is 228 Å². The van der Waals surface area contributed by atoms with Gasteiger partial charge in [0.1, 0.15) is 24.4 Å². The Morgan fingerprint density at radius 3 is 2.13 bits per heavy atom. The van der Waals surface area contributed by atoms with E-state index in [2.05, 4.69) is 6.92 Å². The smallest absolute Gasteiger partial charge is 0.389 e. The van der Waals surface area contributed by atoms with Gasteiger partial charge >= 0.3 is 20.6 Å². The van der Waals surface area contributed by atoms with E-state index < -0.39 is 50.6 Å². The van der Waals surface area contributed by atoms with Crippen molar-refractivity contribution in [2.75, 3.05) is 6.61 Å². The SMILES string of the molecule is CCC[C@H]1O[C@@H]2[C@@H](OC3CC[C@H](CCOC(=O)C(C)(C)C)O[C@@H]3[C@H]2OC(C)=O)[C@H]1O[Si](F)(C(C)C)C(C)C. The normalized spacial score (nSPS) is 33.7. The maximum atomic E-state index is 16.3. The molecule has 3 aliphatic rings. The maximum Gasteiger partial charge on any atom is 0.389 e. The highest BCUT2D eigenvalue weighted by Crippen LogP contribution is 2.45. The molecule has 0 aromatic rings. The Kier molecular flexibility index (Phi) is 10.4. The van der Waals surface area contributed by atoms with Crippen LogP contribution in [0.5, 0.6) is 0 Å². The van der Waals surface area contributed by atoms with E-state index in [1.807, 2.05) is 48.5 Å². The second kappa shape index (κ2) is 12.6. The number of ether oxygens (including phenoxy) is 5. The highest BCUT2D eigenvalue weighted by Gasteiger charge is 2.61. The molecule has 8 nitrogen and oxygen atoms in total. The van der Waals surface area contributed by atoms with Crippen LogP contribution in [-0.2, 0) is 37.7 Å². The highest BCUT2D eigenvalue weighted by atomic mass is 28.4. The van der Waals surface area contributed by atoms with Crippen molar-refractivity contribution in [3.8, 4) is 0 Å². The summed E-state index contributed by atoms with van der Waals surface area (Å²) in [5.41, 5.74) is -1.02. The molecule has 0 amide bonds. The van der Waals surface area contributed by atoms with E-state index >= 15 is 4.11 Å². The molecular formula is C28H49FO8Si. The molecule has 0 spiro atoms. The zero-order valence-electron chi connectivity index (χ0n) is 24.7. The van der Waals surface area contributed by atoms with Gasteiger partial charge < -0.3 is 28.1 Å². The summed E-state index contributed by atoms with van der Waals surface area (Å²) >= 11 is 0. The van der Waals surface area contributed by atoms with Crippen LogP contribution in [0, 0.1) is 5.41 Å². The fourth-order valence-corrected chi connectivity index (χ4v) is 8.32. The standard InChI is InChI=1S/C28H49FO8Si/c1-10-11-20-23(37-38(29,16(2)3)17(4)5)25-26(35-20)24(33-18(6)30)22-21(36-25)13-12-19(34-22)14-15-32-27(31)28(7,8)9/h16-17,19-26H,10-15H2,1-9H3/t19-,20-,21?,22+,23+,24-,25+,26+/m1/s1. The Hall–Kier alpha value is -1.07. The van der Waals surface area contributed by atoms with Gasteiger partial charge in [-0.2, -0.15) is 0 Å². The van der Waals surface area contributed by atoms with Gasteiger partial charge in [0.2, 0.25) is 0 Å². The number of hydrogen-bond acceptors (Lipinski definition) is 8. The molecule has 3 saturated heterocycles. The van der Waals surface area contributed by atoms with Crippen LogP contribution < -0.4 is 0 Å². The lowest BCUT2D eigenvalue weighted by Crippen LogP contribution is -2.63. The van der Waals surface area contributed by atoms with E-state index in [1.54, 1.807) is 0 Å². The molecule has 3 rings (SSSR count). The number of halogens is 1. The van der Waals surface area contributed by atoms with Gasteiger partial charge in [-0.15, -0.1) is 0 Å². The lowest BCUT2D eigenvalue weighted by Gasteiger charge is -2.48. The molecule has 0 saturated carbocycles. The van der Waals surface area contributed by atoms with Gasteiger partial charge in [0.15, 0.2) is 6.10 Å². The summed E-state index contributed by atoms with van der Waals surface area (Å²) in [4.78, 5) is 24.3. The van der Waals surface area contributed by atoms with Crippen LogP contribution >= 0.6 is 0 Å². The van der Waals surface area contributed by atoms with Gasteiger partial charge in [-0.25, -0.2) is 0 Å². The number of carbonyl (C=O) groups excluding carboxylic acids is 2. The van der Waals surface area contributed by atoms with Gasteiger partial charge in [0.05, 0.1) is 30.3 Å². The van der Waals surface area contributed by atoms with Crippen molar-refractivity contribution < 1.29 is 41.8 Å². The molecule has 0 radical (unpaired) electrons. The summed E-state index contributed by atoms with van der Waals surface area (Å²) in [6.07, 6.45) is -0.374. The Morgan fingerprint density at radius 2 is 1.58 bits per heavy atom. The van der Waals surface area contributed by atoms with E-state index in [4.69, 9.17) is 28.1 Å². The van der Waals surface area contributed by atoms with E-state index in [1.165, 1.54) is 6.92 Å². The number of carbonyl (C=O) groups is 2. The molecule has 1 unspecified atom stereocenters. The zero-order valence-corrected chi connectivity index (χ0v) is 25.7. The molecule has 3 heterocycles. The minimum absolute atomic E-state index is 0.171. The number of esters is 2. The lowest BCUT2D eigenvalue weighted by atomic mass is 9.87. The molecule has 0 aliphatic carbocycles. The van der Waals surface area contributed by atoms with Crippen molar-refractivity contribution in [3.05, 3.63) is 0 Å². The first kappa shape index (κ1) is 31.5. The fourth-order valence-electron chi connectivity index (χ4n) is 5.73. The first-order valence-electron chi connectivity index (χ1n) is 14.4. The molecule has 0 aromatic carbocycles. The van der Waals surface area contributed by atoms with Crippen molar-refractivity contribution in [1.82, 2.24) is 0 Å². The summed E-state index contributed by atoms with van der Waals surface area (Å²) < 4.78 is 53.3. The molecule has 3 fully saturated rings. The van der Waals surface area contributed by atoms with Gasteiger partial charge in [0, 0.05) is 24.4 Å². The molecule has 10 heteroatoms. The predicted molar refractivity (Wildman–Crippen MR) is 143 cm³/mol. The minimum atomic E-state index is -3.60. The van der Waals surface area contributed by atoms with Crippen LogP contribution in [0.4, 0.5) is 4.11 Å². The van der Waals surface area contributed by atoms with Crippen LogP contribution in [0.2, 0.25) is 11.1 Å². The third-order valence-electron chi connectivity index (χ3n) is 7.87. The summed E-state index contributed by atoms with van der Waals surface area (Å²) in [5, 5.41) is 0. The van der Waals surface area contributed by atoms with E-state index in [-0.39, 0.29) is 42.0 Å². The molecule has 0 bridgehead atoms. The van der Waals surface area contributed by atoms with E-state index in [0.29, 0.717) is 25.7 Å². The second-order valence-electron chi connectivity index (χ2n) is 12.7. The molecule has 0 aromatic heterocycles. The first-order chi connectivity index (χ1) is 17.7. The van der Waals surface area contributed by atoms with E-state index in [9.17, 15) is 9.59 Å². The van der Waals surface area contributed by atoms with Crippen LogP contribution in [0.15, 0.2) is 0 Å². The van der Waals surface area contributed by atoms with Crippen LogP contribution in [-0.4, -0.2) is 76.0 Å². The number of hydrogen-bond donors (Lipinski definition) is 0. The monoisotopic (exact) mass is 560 g/mol. The van der Waals surface area contributed by atoms with Crippen molar-refractivity contribution in [3.63, 3.8) is 0 Å². The second-order valence-corrected chi connectivity index (χ2v) is 16.6. The Balaban J connectivity index is 1.79. The molecule has 3 aliphatic heterocycles. The summed E-state index contributed by atoms with van der Waals surface area (Å²) in [6, 6.07) is 0. The quantitative estimate of drug-likeness (QED) is 0.199. The molecule has 38 heavy (non-hydrogen) atoms. The highest BCUT2D eigenvalue weighted by molar-refractivity contribution is 6.69. The van der Waals surface area contributed by atoms with Crippen LogP contribution in [0.3, 0.4) is 0 Å². The van der Waals surface area contributed by atoms with Gasteiger partial charge in [-0.3, -0.25) is 13.7 Å². The summed E-state index contributed by atoms with van der Waals surface area (Å²) in [5.74, 6) is -0.687. The van der Waals surface area contributed by atoms with Crippen molar-refractivity contribution >= 4 is 20.6 Å². The fraction of sp³-hybridized carbons (Fsp3) is 0.929. The average Bonchev–Trinajstić information content (AvgIpc) is 3.14. The van der Waals surface area contributed by atoms with Gasteiger partial charge in [-0.05, 0) is 40.0 Å². The predicted octanol–water partition coefficient (Wildman–Crippen LogP) is 5.40. The topological polar surface area (TPSA) is 89.5 Å². The van der Waals surface area contributed by atoms with E-state index in [0.717, 1.165) is 6.42 Å². The average molecular weight is 561 g/mol. The maximum absolute atomic E-state index is 16.3. The molecular weight excluding hydrogens is 511 g/mol. The Morgan fingerprint density at radius 1 is 0.947 bits per heavy atom. The summed E-state index contributed by atoms with van der Waals surface area (Å²) in [6.45, 7) is 16.6. The van der Waals surface area contributed by atoms with Crippen LogP contribution in [0.25, 0.3) is 0 Å².